The molecule has 0 bridgehead atoms. The maximum Gasteiger partial charge on any atom is 0.165 e. The van der Waals surface area contributed by atoms with Crippen LogP contribution in [0.1, 0.15) is 11.4 Å². The smallest absolute Gasteiger partial charge is 0.165 e. The van der Waals surface area contributed by atoms with Crippen LogP contribution in [0, 0.1) is 12.7 Å². The zero-order valence-electron chi connectivity index (χ0n) is 13.8. The third-order valence-corrected chi connectivity index (χ3v) is 4.31. The summed E-state index contributed by atoms with van der Waals surface area (Å²) < 4.78 is 18.7. The molecule has 0 unspecified atom stereocenters. The third kappa shape index (κ3) is 3.94. The van der Waals surface area contributed by atoms with Crippen LogP contribution in [0.4, 0.5) is 10.2 Å². The molecule has 0 saturated carbocycles. The van der Waals surface area contributed by atoms with Gasteiger partial charge in [-0.3, -0.25) is 4.90 Å². The lowest BCUT2D eigenvalue weighted by Crippen LogP contribution is -2.46. The number of piperazine rings is 1. The number of methoxy groups -OCH3 is 1. The Morgan fingerprint density at radius 2 is 1.92 bits per heavy atom. The zero-order valence-corrected chi connectivity index (χ0v) is 14.6. The molecule has 1 fully saturated rings. The fourth-order valence-electron chi connectivity index (χ4n) is 2.88. The minimum Gasteiger partial charge on any atom is -0.494 e. The molecule has 0 amide bonds. The van der Waals surface area contributed by atoms with Crippen molar-refractivity contribution in [2.24, 2.45) is 0 Å². The van der Waals surface area contributed by atoms with Crippen molar-refractivity contribution in [1.82, 2.24) is 14.9 Å². The van der Waals surface area contributed by atoms with Gasteiger partial charge in [-0.25, -0.2) is 14.4 Å². The summed E-state index contributed by atoms with van der Waals surface area (Å²) in [4.78, 5) is 13.0. The molecule has 5 nitrogen and oxygen atoms in total. The lowest BCUT2D eigenvalue weighted by atomic mass is 10.2. The largest absolute Gasteiger partial charge is 0.494 e. The van der Waals surface area contributed by atoms with Gasteiger partial charge in [0.2, 0.25) is 0 Å². The first-order valence-electron chi connectivity index (χ1n) is 7.86. The predicted molar refractivity (Wildman–Crippen MR) is 92.2 cm³/mol. The quantitative estimate of drug-likeness (QED) is 0.793. The number of aryl methyl sites for hydroxylation is 1. The van der Waals surface area contributed by atoms with Crippen molar-refractivity contribution in [2.75, 3.05) is 38.2 Å². The normalized spacial score (nSPS) is 15.6. The molecule has 1 aromatic heterocycles. The van der Waals surface area contributed by atoms with E-state index in [1.54, 1.807) is 18.2 Å². The van der Waals surface area contributed by atoms with Gasteiger partial charge in [0.15, 0.2) is 11.6 Å². The van der Waals surface area contributed by atoms with Crippen molar-refractivity contribution in [2.45, 2.75) is 13.5 Å². The Balaban J connectivity index is 1.60. The van der Waals surface area contributed by atoms with Crippen LogP contribution in [0.15, 0.2) is 24.3 Å². The minimum absolute atomic E-state index is 0.277. The molecule has 2 aromatic rings. The zero-order chi connectivity index (χ0) is 17.1. The van der Waals surface area contributed by atoms with Crippen molar-refractivity contribution < 1.29 is 9.13 Å². The molecule has 0 atom stereocenters. The van der Waals surface area contributed by atoms with Crippen LogP contribution < -0.4 is 9.64 Å². The van der Waals surface area contributed by atoms with Crippen molar-refractivity contribution in [3.05, 3.63) is 46.6 Å². The van der Waals surface area contributed by atoms with Crippen LogP contribution >= 0.6 is 11.6 Å². The molecular formula is C17H20ClFN4O. The highest BCUT2D eigenvalue weighted by molar-refractivity contribution is 6.29. The van der Waals surface area contributed by atoms with Crippen molar-refractivity contribution >= 4 is 17.4 Å². The molecule has 0 spiro atoms. The summed E-state index contributed by atoms with van der Waals surface area (Å²) in [6.45, 7) is 6.03. The van der Waals surface area contributed by atoms with Gasteiger partial charge >= 0.3 is 0 Å². The van der Waals surface area contributed by atoms with Crippen LogP contribution in [0.2, 0.25) is 5.15 Å². The van der Waals surface area contributed by atoms with Gasteiger partial charge in [0, 0.05) is 38.8 Å². The molecule has 1 aliphatic heterocycles. The van der Waals surface area contributed by atoms with Gasteiger partial charge in [-0.1, -0.05) is 17.7 Å². The Hall–Kier alpha value is -1.92. The van der Waals surface area contributed by atoms with E-state index in [9.17, 15) is 4.39 Å². The second-order valence-corrected chi connectivity index (χ2v) is 6.22. The van der Waals surface area contributed by atoms with E-state index in [1.807, 2.05) is 13.0 Å². The van der Waals surface area contributed by atoms with Gasteiger partial charge in [0.25, 0.3) is 0 Å². The molecule has 0 aliphatic carbocycles. The van der Waals surface area contributed by atoms with Gasteiger partial charge in [-0.05, 0) is 24.6 Å². The number of hydrogen-bond acceptors (Lipinski definition) is 5. The second-order valence-electron chi connectivity index (χ2n) is 5.83. The summed E-state index contributed by atoms with van der Waals surface area (Å²) in [6, 6.07) is 6.91. The lowest BCUT2D eigenvalue weighted by molar-refractivity contribution is 0.248. The lowest BCUT2D eigenvalue weighted by Gasteiger charge is -2.35. The Kier molecular flexibility index (Phi) is 5.16. The van der Waals surface area contributed by atoms with E-state index < -0.39 is 0 Å². The monoisotopic (exact) mass is 350 g/mol. The Labute approximate surface area is 146 Å². The number of rotatable bonds is 4. The molecular weight excluding hydrogens is 331 g/mol. The highest BCUT2D eigenvalue weighted by Gasteiger charge is 2.19. The van der Waals surface area contributed by atoms with E-state index in [4.69, 9.17) is 16.3 Å². The van der Waals surface area contributed by atoms with E-state index in [2.05, 4.69) is 19.8 Å². The average Bonchev–Trinajstić information content (AvgIpc) is 2.55. The Bertz CT molecular complexity index is 699. The van der Waals surface area contributed by atoms with E-state index in [0.717, 1.165) is 44.1 Å². The number of aromatic nitrogens is 2. The fraction of sp³-hybridized carbons (Fsp3) is 0.412. The van der Waals surface area contributed by atoms with Crippen LogP contribution in [0.25, 0.3) is 0 Å². The topological polar surface area (TPSA) is 41.5 Å². The number of halogens is 2. The first-order valence-corrected chi connectivity index (χ1v) is 8.24. The van der Waals surface area contributed by atoms with Gasteiger partial charge in [0.1, 0.15) is 16.8 Å². The Morgan fingerprint density at radius 1 is 1.17 bits per heavy atom. The summed E-state index contributed by atoms with van der Waals surface area (Å²) in [6.07, 6.45) is 0. The first kappa shape index (κ1) is 16.9. The molecule has 1 aromatic carbocycles. The molecule has 1 saturated heterocycles. The number of ether oxygens (including phenoxy) is 1. The summed E-state index contributed by atoms with van der Waals surface area (Å²) in [5.41, 5.74) is 0.947. The highest BCUT2D eigenvalue weighted by Crippen LogP contribution is 2.21. The minimum atomic E-state index is -0.320. The average molecular weight is 351 g/mol. The predicted octanol–water partition coefficient (Wildman–Crippen LogP) is 2.91. The summed E-state index contributed by atoms with van der Waals surface area (Å²) in [5, 5.41) is 0.466. The molecule has 0 radical (unpaired) electrons. The molecule has 24 heavy (non-hydrogen) atoms. The molecule has 0 N–H and O–H groups in total. The van der Waals surface area contributed by atoms with E-state index >= 15 is 0 Å². The molecule has 1 aliphatic rings. The summed E-state index contributed by atoms with van der Waals surface area (Å²) in [7, 11) is 1.47. The summed E-state index contributed by atoms with van der Waals surface area (Å²) in [5.74, 6) is 1.50. The van der Waals surface area contributed by atoms with Crippen LogP contribution in [0.3, 0.4) is 0 Å². The van der Waals surface area contributed by atoms with E-state index in [0.29, 0.717) is 11.0 Å². The Morgan fingerprint density at radius 3 is 2.54 bits per heavy atom. The molecule has 7 heteroatoms. The van der Waals surface area contributed by atoms with E-state index in [-0.39, 0.29) is 11.6 Å². The van der Waals surface area contributed by atoms with Crippen molar-refractivity contribution in [3.8, 4) is 5.75 Å². The maximum atomic E-state index is 13.8. The second kappa shape index (κ2) is 7.32. The van der Waals surface area contributed by atoms with Crippen LogP contribution in [-0.2, 0) is 6.54 Å². The van der Waals surface area contributed by atoms with Gasteiger partial charge in [-0.15, -0.1) is 0 Å². The highest BCUT2D eigenvalue weighted by atomic mass is 35.5. The number of anilines is 1. The number of hydrogen-bond donors (Lipinski definition) is 0. The SMILES string of the molecule is COc1ccc(CN2CCN(c3cc(Cl)nc(C)n3)CC2)cc1F. The van der Waals surface area contributed by atoms with Crippen molar-refractivity contribution in [3.63, 3.8) is 0 Å². The van der Waals surface area contributed by atoms with Gasteiger partial charge in [-0.2, -0.15) is 0 Å². The number of benzene rings is 1. The maximum absolute atomic E-state index is 13.8. The third-order valence-electron chi connectivity index (χ3n) is 4.11. The molecule has 3 rings (SSSR count). The molecule has 2 heterocycles. The standard InChI is InChI=1S/C17H20ClFN4O/c1-12-20-16(18)10-17(21-12)23-7-5-22(6-8-23)11-13-3-4-15(24-2)14(19)9-13/h3-4,9-10H,5-8,11H2,1-2H3. The first-order chi connectivity index (χ1) is 11.5. The van der Waals surface area contributed by atoms with Crippen molar-refractivity contribution in [1.29, 1.82) is 0 Å². The number of nitrogens with zero attached hydrogens (tertiary/aromatic N) is 4. The van der Waals surface area contributed by atoms with Gasteiger partial charge < -0.3 is 9.64 Å². The van der Waals surface area contributed by atoms with E-state index in [1.165, 1.54) is 7.11 Å². The molecule has 128 valence electrons. The van der Waals surface area contributed by atoms with Crippen LogP contribution in [-0.4, -0.2) is 48.2 Å². The van der Waals surface area contributed by atoms with Crippen LogP contribution in [0.5, 0.6) is 5.75 Å². The fourth-order valence-corrected chi connectivity index (χ4v) is 3.10. The summed E-state index contributed by atoms with van der Waals surface area (Å²) >= 11 is 6.01. The van der Waals surface area contributed by atoms with Gasteiger partial charge in [0.05, 0.1) is 7.11 Å².